The van der Waals surface area contributed by atoms with Crippen LogP contribution in [-0.4, -0.2) is 6.04 Å². The molecule has 4 aromatic rings. The molecule has 0 fully saturated rings. The summed E-state index contributed by atoms with van der Waals surface area (Å²) < 4.78 is 0. The van der Waals surface area contributed by atoms with E-state index in [1.807, 2.05) is 24.3 Å². The van der Waals surface area contributed by atoms with Crippen LogP contribution in [0.3, 0.4) is 0 Å². The molecular formula is C36H46N4. The van der Waals surface area contributed by atoms with Gasteiger partial charge in [-0.2, -0.15) is 0 Å². The molecule has 0 amide bonds. The minimum absolute atomic E-state index is 0.0416. The Bertz CT molecular complexity index is 1310. The minimum atomic E-state index is -0.183. The fourth-order valence-electron chi connectivity index (χ4n) is 6.17. The third-order valence-corrected chi connectivity index (χ3v) is 8.50. The lowest BCUT2D eigenvalue weighted by atomic mass is 9.76. The molecule has 0 saturated carbocycles. The summed E-state index contributed by atoms with van der Waals surface area (Å²) in [6.45, 7) is 8.69. The first-order valence-electron chi connectivity index (χ1n) is 14.8. The van der Waals surface area contributed by atoms with E-state index in [9.17, 15) is 0 Å². The molecule has 0 bridgehead atoms. The van der Waals surface area contributed by atoms with Gasteiger partial charge in [-0.15, -0.1) is 0 Å². The number of nitrogens with two attached hydrogens (primary N) is 4. The average molecular weight is 535 g/mol. The number of anilines is 3. The van der Waals surface area contributed by atoms with E-state index >= 15 is 0 Å². The maximum absolute atomic E-state index is 7.26. The molecule has 4 aromatic carbocycles. The molecule has 0 radical (unpaired) electrons. The van der Waals surface area contributed by atoms with Gasteiger partial charge < -0.3 is 22.9 Å². The molecule has 0 aromatic heterocycles. The Morgan fingerprint density at radius 3 is 1.40 bits per heavy atom. The molecule has 4 nitrogen and oxygen atoms in total. The number of para-hydroxylation sites is 1. The molecule has 0 aliphatic carbocycles. The topological polar surface area (TPSA) is 104 Å². The molecule has 8 N–H and O–H groups in total. The summed E-state index contributed by atoms with van der Waals surface area (Å²) in [5.41, 5.74) is 39.1. The Hall–Kier alpha value is -3.76. The highest BCUT2D eigenvalue weighted by Crippen LogP contribution is 2.40. The zero-order valence-electron chi connectivity index (χ0n) is 24.6. The predicted octanol–water partition coefficient (Wildman–Crippen LogP) is 7.36. The Morgan fingerprint density at radius 2 is 0.975 bits per heavy atom. The van der Waals surface area contributed by atoms with Crippen molar-refractivity contribution in [1.82, 2.24) is 0 Å². The number of nitrogen functional groups attached to an aromatic ring is 3. The van der Waals surface area contributed by atoms with Gasteiger partial charge in [-0.3, -0.25) is 0 Å². The van der Waals surface area contributed by atoms with E-state index in [2.05, 4.69) is 82.3 Å². The Morgan fingerprint density at radius 1 is 0.550 bits per heavy atom. The number of hydrogen-bond acceptors (Lipinski definition) is 4. The van der Waals surface area contributed by atoms with Crippen molar-refractivity contribution >= 4 is 17.1 Å². The third kappa shape index (κ3) is 6.03. The molecule has 4 rings (SSSR count). The van der Waals surface area contributed by atoms with Gasteiger partial charge in [-0.05, 0) is 82.7 Å². The van der Waals surface area contributed by atoms with Crippen molar-refractivity contribution in [1.29, 1.82) is 0 Å². The number of rotatable bonds is 11. The number of hydrogen-bond donors (Lipinski definition) is 4. The van der Waals surface area contributed by atoms with Crippen LogP contribution in [0.25, 0.3) is 0 Å². The van der Waals surface area contributed by atoms with E-state index in [-0.39, 0.29) is 17.9 Å². The standard InChI is InChI=1S/C36H46N4/c1-5-23-18-28(19-24(6-2)35(23)39)31(29-20-25(7-3)36(40)26(8-4)21-29)22-33(38)34(27-14-10-9-11-15-27)30-16-12-13-17-32(30)37/h9-21,31,33-34H,5-8,22,37-40H2,1-4H3. The molecule has 2 unspecified atom stereocenters. The average Bonchev–Trinajstić information content (AvgIpc) is 2.98. The third-order valence-electron chi connectivity index (χ3n) is 8.50. The van der Waals surface area contributed by atoms with E-state index in [1.54, 1.807) is 0 Å². The number of benzene rings is 4. The maximum atomic E-state index is 7.26. The van der Waals surface area contributed by atoms with Crippen LogP contribution in [0.15, 0.2) is 78.9 Å². The van der Waals surface area contributed by atoms with Crippen LogP contribution in [0.5, 0.6) is 0 Å². The molecule has 4 heteroatoms. The molecule has 0 aliphatic rings. The second kappa shape index (κ2) is 13.1. The van der Waals surface area contributed by atoms with Crippen LogP contribution in [0.1, 0.15) is 90.5 Å². The predicted molar refractivity (Wildman–Crippen MR) is 173 cm³/mol. The molecule has 210 valence electrons. The summed E-state index contributed by atoms with van der Waals surface area (Å²) in [6, 6.07) is 27.6. The monoisotopic (exact) mass is 534 g/mol. The lowest BCUT2D eigenvalue weighted by Gasteiger charge is -2.31. The Balaban J connectivity index is 1.90. The van der Waals surface area contributed by atoms with E-state index in [0.717, 1.165) is 54.7 Å². The highest BCUT2D eigenvalue weighted by molar-refractivity contribution is 5.60. The SMILES string of the molecule is CCc1cc(C(CC(N)C(c2ccccc2)c2ccccc2N)c2cc(CC)c(N)c(CC)c2)cc(CC)c1N. The largest absolute Gasteiger partial charge is 0.398 e. The van der Waals surface area contributed by atoms with Gasteiger partial charge in [0, 0.05) is 34.9 Å². The minimum Gasteiger partial charge on any atom is -0.398 e. The Kier molecular flexibility index (Phi) is 9.54. The van der Waals surface area contributed by atoms with Crippen LogP contribution < -0.4 is 22.9 Å². The van der Waals surface area contributed by atoms with Gasteiger partial charge in [0.15, 0.2) is 0 Å². The van der Waals surface area contributed by atoms with Crippen molar-refractivity contribution in [3.63, 3.8) is 0 Å². The molecule has 0 saturated heterocycles. The van der Waals surface area contributed by atoms with Crippen molar-refractivity contribution < 1.29 is 0 Å². The van der Waals surface area contributed by atoms with E-state index in [0.29, 0.717) is 0 Å². The van der Waals surface area contributed by atoms with Crippen molar-refractivity contribution in [2.75, 3.05) is 17.2 Å². The second-order valence-corrected chi connectivity index (χ2v) is 10.9. The lowest BCUT2D eigenvalue weighted by Crippen LogP contribution is -2.32. The van der Waals surface area contributed by atoms with Crippen LogP contribution in [0.2, 0.25) is 0 Å². The summed E-state index contributed by atoms with van der Waals surface area (Å²) in [5, 5.41) is 0. The van der Waals surface area contributed by atoms with Gasteiger partial charge in [-0.25, -0.2) is 0 Å². The van der Waals surface area contributed by atoms with Crippen molar-refractivity contribution in [2.45, 2.75) is 77.7 Å². The smallest absolute Gasteiger partial charge is 0.0379 e. The van der Waals surface area contributed by atoms with Crippen LogP contribution >= 0.6 is 0 Å². The fourth-order valence-corrected chi connectivity index (χ4v) is 6.17. The first-order valence-corrected chi connectivity index (χ1v) is 14.8. The molecule has 0 heterocycles. The van der Waals surface area contributed by atoms with Crippen LogP contribution in [-0.2, 0) is 25.7 Å². The van der Waals surface area contributed by atoms with Gasteiger partial charge in [-0.1, -0.05) is 100 Å². The summed E-state index contributed by atoms with van der Waals surface area (Å²) in [5.74, 6) is 0.0404. The molecule has 40 heavy (non-hydrogen) atoms. The number of aryl methyl sites for hydroxylation is 4. The van der Waals surface area contributed by atoms with Crippen molar-refractivity contribution in [3.8, 4) is 0 Å². The van der Waals surface area contributed by atoms with Gasteiger partial charge in [0.1, 0.15) is 0 Å². The summed E-state index contributed by atoms with van der Waals surface area (Å²) in [7, 11) is 0. The fraction of sp³-hybridized carbons (Fsp3) is 0.333. The van der Waals surface area contributed by atoms with Gasteiger partial charge in [0.2, 0.25) is 0 Å². The van der Waals surface area contributed by atoms with Crippen molar-refractivity contribution in [2.24, 2.45) is 5.73 Å². The normalized spacial score (nSPS) is 12.9. The quantitative estimate of drug-likeness (QED) is 0.151. The van der Waals surface area contributed by atoms with Gasteiger partial charge in [0.05, 0.1) is 0 Å². The zero-order valence-corrected chi connectivity index (χ0v) is 24.6. The molecular weight excluding hydrogens is 488 g/mol. The van der Waals surface area contributed by atoms with Crippen LogP contribution in [0.4, 0.5) is 17.1 Å². The first-order chi connectivity index (χ1) is 19.3. The zero-order chi connectivity index (χ0) is 28.8. The summed E-state index contributed by atoms with van der Waals surface area (Å²) >= 11 is 0. The summed E-state index contributed by atoms with van der Waals surface area (Å²) in [4.78, 5) is 0. The van der Waals surface area contributed by atoms with Crippen molar-refractivity contribution in [3.05, 3.63) is 123 Å². The van der Waals surface area contributed by atoms with Gasteiger partial charge >= 0.3 is 0 Å². The van der Waals surface area contributed by atoms with E-state index < -0.39 is 0 Å². The highest BCUT2D eigenvalue weighted by Gasteiger charge is 2.29. The highest BCUT2D eigenvalue weighted by atomic mass is 14.7. The second-order valence-electron chi connectivity index (χ2n) is 10.9. The Labute approximate surface area is 240 Å². The molecule has 0 aliphatic heterocycles. The lowest BCUT2D eigenvalue weighted by molar-refractivity contribution is 0.519. The molecule has 0 spiro atoms. The first kappa shape index (κ1) is 29.2. The molecule has 2 atom stereocenters. The summed E-state index contributed by atoms with van der Waals surface area (Å²) in [6.07, 6.45) is 4.31. The van der Waals surface area contributed by atoms with Gasteiger partial charge in [0.25, 0.3) is 0 Å². The van der Waals surface area contributed by atoms with E-state index in [4.69, 9.17) is 22.9 Å². The maximum Gasteiger partial charge on any atom is 0.0379 e. The van der Waals surface area contributed by atoms with E-state index in [1.165, 1.54) is 38.9 Å². The van der Waals surface area contributed by atoms with Crippen LogP contribution in [0, 0.1) is 0 Å².